The number of carbonyl (C=O) groups excluding carboxylic acids is 1. The number of thiazole rings is 1. The van der Waals surface area contributed by atoms with Crippen molar-refractivity contribution < 1.29 is 4.79 Å². The van der Waals surface area contributed by atoms with Crippen molar-refractivity contribution in [1.29, 1.82) is 0 Å². The van der Waals surface area contributed by atoms with E-state index < -0.39 is 0 Å². The molecule has 1 saturated heterocycles. The molecule has 9 heteroatoms. The first kappa shape index (κ1) is 23.8. The number of amides is 1. The molecule has 37 heavy (non-hydrogen) atoms. The number of carbonyl (C=O) groups is 1. The lowest BCUT2D eigenvalue weighted by molar-refractivity contribution is -0.134. The van der Waals surface area contributed by atoms with Gasteiger partial charge in [0.2, 0.25) is 5.91 Å². The van der Waals surface area contributed by atoms with Crippen LogP contribution in [0, 0.1) is 0 Å². The van der Waals surface area contributed by atoms with E-state index in [9.17, 15) is 4.79 Å². The number of pyridine rings is 1. The Morgan fingerprint density at radius 1 is 1.05 bits per heavy atom. The monoisotopic (exact) mass is 513 g/mol. The van der Waals surface area contributed by atoms with E-state index in [0.717, 1.165) is 59.4 Å². The Kier molecular flexibility index (Phi) is 6.48. The van der Waals surface area contributed by atoms with E-state index in [1.54, 1.807) is 11.3 Å². The predicted molar refractivity (Wildman–Crippen MR) is 146 cm³/mol. The summed E-state index contributed by atoms with van der Waals surface area (Å²) in [5, 5.41) is 7.73. The van der Waals surface area contributed by atoms with E-state index in [2.05, 4.69) is 59.1 Å². The second-order valence-electron chi connectivity index (χ2n) is 9.96. The van der Waals surface area contributed by atoms with E-state index >= 15 is 0 Å². The van der Waals surface area contributed by atoms with Gasteiger partial charge in [-0.2, -0.15) is 5.10 Å². The van der Waals surface area contributed by atoms with Gasteiger partial charge in [0.25, 0.3) is 0 Å². The van der Waals surface area contributed by atoms with Crippen LogP contribution < -0.4 is 4.90 Å². The van der Waals surface area contributed by atoms with Crippen LogP contribution in [0.2, 0.25) is 0 Å². The lowest BCUT2D eigenvalue weighted by Crippen LogP contribution is -2.59. The van der Waals surface area contributed by atoms with Crippen LogP contribution in [0.5, 0.6) is 0 Å². The van der Waals surface area contributed by atoms with Gasteiger partial charge in [-0.3, -0.25) is 9.69 Å². The summed E-state index contributed by atoms with van der Waals surface area (Å²) >= 11 is 1.62. The van der Waals surface area contributed by atoms with Crippen molar-refractivity contribution in [3.05, 3.63) is 77.7 Å². The minimum Gasteiger partial charge on any atom is -0.354 e. The van der Waals surface area contributed by atoms with Gasteiger partial charge in [-0.05, 0) is 38.1 Å². The zero-order chi connectivity index (χ0) is 25.4. The number of hydrogen-bond donors (Lipinski definition) is 0. The Balaban J connectivity index is 1.08. The summed E-state index contributed by atoms with van der Waals surface area (Å²) in [5.41, 5.74) is 4.32. The molecule has 0 saturated carbocycles. The highest BCUT2D eigenvalue weighted by Crippen LogP contribution is 2.26. The van der Waals surface area contributed by atoms with E-state index in [0.29, 0.717) is 13.1 Å². The molecule has 2 aliphatic heterocycles. The van der Waals surface area contributed by atoms with Crippen molar-refractivity contribution in [1.82, 2.24) is 29.5 Å². The number of fused-ring (bicyclic) bond motifs is 1. The number of aromatic nitrogens is 4. The summed E-state index contributed by atoms with van der Waals surface area (Å²) in [6.45, 7) is 7.88. The standard InChI is InChI=1S/C28H31N7OS/c1-20-15-33(26-9-8-22(14-30-26)28-29-11-13-37-28)16-21(2)34(20)19-27(36)32-12-10-25-23(17-32)18-35(31-25)24-6-4-3-5-7-24/h3-9,11,13-14,18,20-21H,10,12,15-17,19H2,1-2H3. The first-order valence-corrected chi connectivity index (χ1v) is 13.7. The van der Waals surface area contributed by atoms with Crippen LogP contribution in [0.4, 0.5) is 5.82 Å². The zero-order valence-electron chi connectivity index (χ0n) is 21.2. The topological polar surface area (TPSA) is 70.4 Å². The van der Waals surface area contributed by atoms with Gasteiger partial charge in [-0.15, -0.1) is 11.3 Å². The molecule has 0 aliphatic carbocycles. The molecule has 5 heterocycles. The molecule has 4 aromatic rings. The second kappa shape index (κ2) is 10.1. The van der Waals surface area contributed by atoms with Crippen molar-refractivity contribution in [2.24, 2.45) is 0 Å². The molecule has 2 unspecified atom stereocenters. The quantitative estimate of drug-likeness (QED) is 0.404. The molecule has 0 N–H and O–H groups in total. The molecule has 3 aromatic heterocycles. The Morgan fingerprint density at radius 3 is 2.57 bits per heavy atom. The predicted octanol–water partition coefficient (Wildman–Crippen LogP) is 3.87. The van der Waals surface area contributed by atoms with Crippen LogP contribution in [0.3, 0.4) is 0 Å². The van der Waals surface area contributed by atoms with Crippen LogP contribution in [-0.2, 0) is 17.8 Å². The van der Waals surface area contributed by atoms with Crippen LogP contribution in [-0.4, -0.2) is 73.7 Å². The third-order valence-electron chi connectivity index (χ3n) is 7.40. The SMILES string of the molecule is CC1CN(c2ccc(-c3nccs3)cn2)CC(C)N1CC(=O)N1CCc2nn(-c3ccccc3)cc2C1. The second-order valence-corrected chi connectivity index (χ2v) is 10.9. The summed E-state index contributed by atoms with van der Waals surface area (Å²) < 4.78 is 1.93. The lowest BCUT2D eigenvalue weighted by atomic mass is 10.1. The van der Waals surface area contributed by atoms with Crippen LogP contribution >= 0.6 is 11.3 Å². The molecule has 190 valence electrons. The highest BCUT2D eigenvalue weighted by atomic mass is 32.1. The third kappa shape index (κ3) is 4.89. The first-order valence-electron chi connectivity index (χ1n) is 12.8. The summed E-state index contributed by atoms with van der Waals surface area (Å²) in [4.78, 5) is 29.1. The van der Waals surface area contributed by atoms with Gasteiger partial charge in [0, 0.05) is 79.8 Å². The van der Waals surface area contributed by atoms with Crippen molar-refractivity contribution in [2.45, 2.75) is 38.9 Å². The Hall–Kier alpha value is -3.56. The number of anilines is 1. The number of piperazine rings is 1. The van der Waals surface area contributed by atoms with E-state index in [1.165, 1.54) is 0 Å². The molecular formula is C28H31N7OS. The maximum absolute atomic E-state index is 13.4. The van der Waals surface area contributed by atoms with E-state index in [1.807, 2.05) is 45.6 Å². The molecule has 0 radical (unpaired) electrons. The molecule has 1 aromatic carbocycles. The highest BCUT2D eigenvalue weighted by Gasteiger charge is 2.33. The number of para-hydroxylation sites is 1. The Morgan fingerprint density at radius 2 is 1.86 bits per heavy atom. The van der Waals surface area contributed by atoms with Gasteiger partial charge in [0.15, 0.2) is 0 Å². The minimum atomic E-state index is 0.191. The van der Waals surface area contributed by atoms with Gasteiger partial charge in [-0.1, -0.05) is 18.2 Å². The minimum absolute atomic E-state index is 0.191. The van der Waals surface area contributed by atoms with Crippen molar-refractivity contribution >= 4 is 23.1 Å². The van der Waals surface area contributed by atoms with Crippen LogP contribution in [0.25, 0.3) is 16.3 Å². The number of benzene rings is 1. The summed E-state index contributed by atoms with van der Waals surface area (Å²) in [7, 11) is 0. The van der Waals surface area contributed by atoms with Gasteiger partial charge in [0.1, 0.15) is 10.8 Å². The lowest BCUT2D eigenvalue weighted by Gasteiger charge is -2.45. The molecule has 8 nitrogen and oxygen atoms in total. The molecule has 0 spiro atoms. The molecule has 0 bridgehead atoms. The van der Waals surface area contributed by atoms with Crippen molar-refractivity contribution in [3.63, 3.8) is 0 Å². The summed E-state index contributed by atoms with van der Waals surface area (Å²) in [5.74, 6) is 1.17. The fraction of sp³-hybridized carbons (Fsp3) is 0.357. The van der Waals surface area contributed by atoms with Crippen molar-refractivity contribution in [3.8, 4) is 16.3 Å². The smallest absolute Gasteiger partial charge is 0.237 e. The maximum atomic E-state index is 13.4. The number of rotatable bonds is 5. The summed E-state index contributed by atoms with van der Waals surface area (Å²) in [6, 6.07) is 14.8. The highest BCUT2D eigenvalue weighted by molar-refractivity contribution is 7.13. The number of nitrogens with zero attached hydrogens (tertiary/aromatic N) is 7. The molecule has 1 fully saturated rings. The first-order chi connectivity index (χ1) is 18.0. The third-order valence-corrected chi connectivity index (χ3v) is 8.22. The fourth-order valence-electron chi connectivity index (χ4n) is 5.42. The molecule has 2 aliphatic rings. The van der Waals surface area contributed by atoms with Gasteiger partial charge in [-0.25, -0.2) is 14.6 Å². The number of hydrogen-bond acceptors (Lipinski definition) is 7. The van der Waals surface area contributed by atoms with Gasteiger partial charge < -0.3 is 9.80 Å². The van der Waals surface area contributed by atoms with E-state index in [4.69, 9.17) is 10.1 Å². The average Bonchev–Trinajstić information content (AvgIpc) is 3.61. The molecular weight excluding hydrogens is 482 g/mol. The summed E-state index contributed by atoms with van der Waals surface area (Å²) in [6.07, 6.45) is 6.59. The molecule has 2 atom stereocenters. The van der Waals surface area contributed by atoms with Crippen LogP contribution in [0.15, 0.2) is 66.4 Å². The van der Waals surface area contributed by atoms with Crippen molar-refractivity contribution in [2.75, 3.05) is 31.1 Å². The van der Waals surface area contributed by atoms with Crippen LogP contribution in [0.1, 0.15) is 25.1 Å². The Bertz CT molecular complexity index is 1340. The Labute approximate surface area is 221 Å². The zero-order valence-corrected chi connectivity index (χ0v) is 22.0. The fourth-order valence-corrected chi connectivity index (χ4v) is 6.05. The van der Waals surface area contributed by atoms with Gasteiger partial charge in [0.05, 0.1) is 17.9 Å². The van der Waals surface area contributed by atoms with E-state index in [-0.39, 0.29) is 18.0 Å². The molecule has 6 rings (SSSR count). The largest absolute Gasteiger partial charge is 0.354 e. The normalized spacial score (nSPS) is 20.2. The maximum Gasteiger partial charge on any atom is 0.237 e. The molecule has 1 amide bonds. The van der Waals surface area contributed by atoms with Gasteiger partial charge >= 0.3 is 0 Å². The average molecular weight is 514 g/mol.